The van der Waals surface area contributed by atoms with Gasteiger partial charge < -0.3 is 0 Å². The molecule has 0 saturated carbocycles. The molecule has 1 rings (SSSR count). The van der Waals surface area contributed by atoms with Crippen molar-refractivity contribution in [3.63, 3.8) is 0 Å². The first-order valence-corrected chi connectivity index (χ1v) is 6.82. The Kier molecular flexibility index (Phi) is 4.52. The quantitative estimate of drug-likeness (QED) is 0.794. The van der Waals surface area contributed by atoms with Crippen molar-refractivity contribution in [2.24, 2.45) is 11.8 Å². The molecule has 1 aromatic rings. The van der Waals surface area contributed by atoms with Gasteiger partial charge in [0.1, 0.15) is 0 Å². The summed E-state index contributed by atoms with van der Waals surface area (Å²) < 4.78 is 8.36. The molecule has 2 heteroatoms. The van der Waals surface area contributed by atoms with E-state index < -0.39 is 0 Å². The third-order valence-electron chi connectivity index (χ3n) is 2.58. The van der Waals surface area contributed by atoms with E-state index >= 15 is 0 Å². The van der Waals surface area contributed by atoms with Gasteiger partial charge in [-0.2, -0.15) is 0 Å². The highest BCUT2D eigenvalue weighted by molar-refractivity contribution is 7.86. The van der Waals surface area contributed by atoms with Crippen molar-refractivity contribution >= 4 is 10.7 Å². The third-order valence-corrected chi connectivity index (χ3v) is 5.00. The first kappa shape index (κ1) is 12.4. The van der Waals surface area contributed by atoms with Gasteiger partial charge in [0.25, 0.3) is 0 Å². The molecule has 1 atom stereocenters. The molecule has 1 nitrogen and oxygen atoms in total. The van der Waals surface area contributed by atoms with Crippen molar-refractivity contribution < 1.29 is 0 Å². The van der Waals surface area contributed by atoms with Gasteiger partial charge in [-0.15, -0.1) is 0 Å². The van der Waals surface area contributed by atoms with E-state index in [9.17, 15) is 0 Å². The largest absolute Gasteiger partial charge is 0.275 e. The number of nitrogens with one attached hydrogen (secondary N) is 1. The minimum Gasteiger partial charge on any atom is -0.275 e. The topological polar surface area (TPSA) is 23.9 Å². The second-order valence-corrected chi connectivity index (χ2v) is 6.29. The summed E-state index contributed by atoms with van der Waals surface area (Å²) >= 11 is 0. The summed E-state index contributed by atoms with van der Waals surface area (Å²) in [5.41, 5.74) is 0. The van der Waals surface area contributed by atoms with Crippen LogP contribution >= 0.6 is 0 Å². The Bertz CT molecular complexity index is 309. The zero-order valence-corrected chi connectivity index (χ0v) is 10.8. The van der Waals surface area contributed by atoms with E-state index in [-0.39, 0.29) is 10.7 Å². The maximum atomic E-state index is 8.36. The lowest BCUT2D eigenvalue weighted by Crippen LogP contribution is -2.26. The van der Waals surface area contributed by atoms with Gasteiger partial charge in [-0.1, -0.05) is 56.6 Å². The number of benzene rings is 1. The highest BCUT2D eigenvalue weighted by Gasteiger charge is 2.22. The first-order valence-electron chi connectivity index (χ1n) is 5.53. The zero-order chi connectivity index (χ0) is 11.4. The van der Waals surface area contributed by atoms with Crippen LogP contribution in [0.3, 0.4) is 0 Å². The lowest BCUT2D eigenvalue weighted by atomic mass is 10.0. The summed E-state index contributed by atoms with van der Waals surface area (Å²) in [6, 6.07) is 10.2. The van der Waals surface area contributed by atoms with E-state index in [0.717, 1.165) is 0 Å². The molecule has 84 valence electrons. The molecule has 0 aliphatic heterocycles. The van der Waals surface area contributed by atoms with E-state index in [1.807, 2.05) is 18.2 Å². The summed E-state index contributed by atoms with van der Waals surface area (Å²) in [5, 5.41) is 0.465. The fourth-order valence-electron chi connectivity index (χ4n) is 2.04. The van der Waals surface area contributed by atoms with Crippen LogP contribution in [0.4, 0.5) is 0 Å². The molecule has 0 aliphatic carbocycles. The van der Waals surface area contributed by atoms with Crippen molar-refractivity contribution in [2.45, 2.75) is 37.8 Å². The molecular formula is C13H21NS. The van der Waals surface area contributed by atoms with Crippen LogP contribution in [0.25, 0.3) is 0 Å². The second-order valence-electron chi connectivity index (χ2n) is 4.60. The van der Waals surface area contributed by atoms with Crippen LogP contribution in [0.15, 0.2) is 35.2 Å². The van der Waals surface area contributed by atoms with Crippen LogP contribution in [0, 0.1) is 16.6 Å². The summed E-state index contributed by atoms with van der Waals surface area (Å²) in [4.78, 5) is 1.17. The second kappa shape index (κ2) is 5.45. The van der Waals surface area contributed by atoms with Crippen LogP contribution in [0.2, 0.25) is 0 Å². The van der Waals surface area contributed by atoms with Crippen molar-refractivity contribution in [1.82, 2.24) is 0 Å². The molecule has 1 aromatic carbocycles. The fraction of sp³-hybridized carbons (Fsp3) is 0.538. The van der Waals surface area contributed by atoms with Crippen LogP contribution in [0.5, 0.6) is 0 Å². The van der Waals surface area contributed by atoms with Gasteiger partial charge in [-0.25, -0.2) is 0 Å². The molecular weight excluding hydrogens is 202 g/mol. The van der Waals surface area contributed by atoms with Gasteiger partial charge in [0, 0.05) is 10.1 Å². The van der Waals surface area contributed by atoms with Gasteiger partial charge in [-0.3, -0.25) is 4.78 Å². The maximum Gasteiger partial charge on any atom is 0.0244 e. The fourth-order valence-corrected chi connectivity index (χ4v) is 3.89. The Balaban J connectivity index is 2.92. The summed E-state index contributed by atoms with van der Waals surface area (Å²) in [5.74, 6) is 1.15. The van der Waals surface area contributed by atoms with Gasteiger partial charge >= 0.3 is 0 Å². The predicted molar refractivity (Wildman–Crippen MR) is 68.3 cm³/mol. The van der Waals surface area contributed by atoms with Crippen LogP contribution in [-0.4, -0.2) is 5.25 Å². The molecule has 0 heterocycles. The molecule has 0 aliphatic rings. The van der Waals surface area contributed by atoms with Crippen LogP contribution in [0.1, 0.15) is 27.7 Å². The van der Waals surface area contributed by atoms with E-state index in [1.54, 1.807) is 0 Å². The summed E-state index contributed by atoms with van der Waals surface area (Å²) in [7, 11) is -0.381. The first-order chi connectivity index (χ1) is 7.04. The Morgan fingerprint density at radius 2 is 1.40 bits per heavy atom. The Morgan fingerprint density at radius 1 is 0.933 bits per heavy atom. The normalized spacial score (nSPS) is 13.8. The van der Waals surface area contributed by atoms with Gasteiger partial charge in [0.2, 0.25) is 0 Å². The molecule has 0 bridgehead atoms. The highest BCUT2D eigenvalue weighted by atomic mass is 32.2. The average Bonchev–Trinajstić information content (AvgIpc) is 2.18. The Morgan fingerprint density at radius 3 is 1.80 bits per heavy atom. The molecule has 1 unspecified atom stereocenters. The molecule has 0 radical (unpaired) electrons. The number of hydrogen-bond acceptors (Lipinski definition) is 1. The monoisotopic (exact) mass is 223 g/mol. The number of hydrogen-bond donors (Lipinski definition) is 1. The highest BCUT2D eigenvalue weighted by Crippen LogP contribution is 2.24. The van der Waals surface area contributed by atoms with Gasteiger partial charge in [-0.05, 0) is 24.0 Å². The summed E-state index contributed by atoms with van der Waals surface area (Å²) in [6.07, 6.45) is 0. The van der Waals surface area contributed by atoms with E-state index in [2.05, 4.69) is 39.8 Å². The van der Waals surface area contributed by atoms with Gasteiger partial charge in [0.05, 0.1) is 0 Å². The molecule has 0 fully saturated rings. The van der Waals surface area contributed by atoms with Crippen molar-refractivity contribution in [3.8, 4) is 0 Å². The third kappa shape index (κ3) is 3.16. The summed E-state index contributed by atoms with van der Waals surface area (Å²) in [6.45, 7) is 8.90. The zero-order valence-electron chi connectivity index (χ0n) is 10.0. The lowest BCUT2D eigenvalue weighted by molar-refractivity contribution is 0.483. The predicted octanol–water partition coefficient (Wildman–Crippen LogP) is 4.11. The maximum absolute atomic E-state index is 8.36. The minimum atomic E-state index is -0.381. The van der Waals surface area contributed by atoms with Gasteiger partial charge in [0.15, 0.2) is 0 Å². The molecule has 15 heavy (non-hydrogen) atoms. The smallest absolute Gasteiger partial charge is 0.0244 e. The van der Waals surface area contributed by atoms with Crippen molar-refractivity contribution in [1.29, 1.82) is 4.78 Å². The standard InChI is InChI=1S/C13H21NS/c1-10(2)13(11(3)4)15(14)12-8-6-5-7-9-12/h5-11,13-14H,1-4H3. The molecule has 0 spiro atoms. The molecule has 0 amide bonds. The van der Waals surface area contributed by atoms with Crippen molar-refractivity contribution in [2.75, 3.05) is 0 Å². The Hall–Kier alpha value is -0.630. The van der Waals surface area contributed by atoms with E-state index in [0.29, 0.717) is 17.1 Å². The molecule has 1 N–H and O–H groups in total. The van der Waals surface area contributed by atoms with Crippen LogP contribution < -0.4 is 0 Å². The lowest BCUT2D eigenvalue weighted by Gasteiger charge is -2.26. The van der Waals surface area contributed by atoms with Crippen LogP contribution in [-0.2, 0) is 10.7 Å². The molecule has 0 saturated heterocycles. The SMILES string of the molecule is CC(C)C(C(C)C)S(=N)c1ccccc1. The van der Waals surface area contributed by atoms with E-state index in [1.165, 1.54) is 4.90 Å². The van der Waals surface area contributed by atoms with E-state index in [4.69, 9.17) is 4.78 Å². The average molecular weight is 223 g/mol. The Labute approximate surface area is 95.8 Å². The minimum absolute atomic E-state index is 0.381. The number of rotatable bonds is 4. The van der Waals surface area contributed by atoms with Crippen molar-refractivity contribution in [3.05, 3.63) is 30.3 Å². The molecule has 0 aromatic heterocycles.